The van der Waals surface area contributed by atoms with Crippen molar-refractivity contribution in [3.05, 3.63) is 47.4 Å². The highest BCUT2D eigenvalue weighted by Crippen LogP contribution is 2.23. The molecule has 2 unspecified atom stereocenters. The summed E-state index contributed by atoms with van der Waals surface area (Å²) in [5.74, 6) is -1.53. The van der Waals surface area contributed by atoms with Gasteiger partial charge in [-0.25, -0.2) is 4.39 Å². The van der Waals surface area contributed by atoms with Gasteiger partial charge in [-0.05, 0) is 17.7 Å². The monoisotopic (exact) mass is 278 g/mol. The third kappa shape index (κ3) is 3.20. The van der Waals surface area contributed by atoms with E-state index in [9.17, 15) is 9.18 Å². The molecule has 0 spiro atoms. The van der Waals surface area contributed by atoms with Crippen molar-refractivity contribution in [2.24, 2.45) is 5.92 Å². The van der Waals surface area contributed by atoms with Gasteiger partial charge >= 0.3 is 5.97 Å². The molecule has 0 bridgehead atoms. The van der Waals surface area contributed by atoms with Crippen LogP contribution in [0.2, 0.25) is 0 Å². The summed E-state index contributed by atoms with van der Waals surface area (Å²) in [6, 6.07) is 6.14. The Hall–Kier alpha value is -2.24. The van der Waals surface area contributed by atoms with Gasteiger partial charge in [-0.2, -0.15) is 4.98 Å². The fourth-order valence-electron chi connectivity index (χ4n) is 1.78. The Morgan fingerprint density at radius 3 is 2.85 bits per heavy atom. The molecule has 20 heavy (non-hydrogen) atoms. The summed E-state index contributed by atoms with van der Waals surface area (Å²) in [5, 5.41) is 12.8. The Morgan fingerprint density at radius 1 is 1.45 bits per heavy atom. The van der Waals surface area contributed by atoms with Gasteiger partial charge in [0.1, 0.15) is 5.82 Å². The van der Waals surface area contributed by atoms with Gasteiger partial charge in [0.25, 0.3) is 0 Å². The predicted molar refractivity (Wildman–Crippen MR) is 68.7 cm³/mol. The normalized spacial score (nSPS) is 13.9. The van der Waals surface area contributed by atoms with E-state index < -0.39 is 11.9 Å². The average molecular weight is 278 g/mol. The first-order valence-electron chi connectivity index (χ1n) is 6.27. The standard InChI is InChI=1S/C14H15FN2O3/c1-8(9(2)14(18)19)13-16-12(17-20-13)7-10-4-3-5-11(15)6-10/h3-6,8-9H,7H2,1-2H3,(H,18,19). The third-order valence-electron chi connectivity index (χ3n) is 3.26. The van der Waals surface area contributed by atoms with Crippen LogP contribution in [-0.4, -0.2) is 21.2 Å². The van der Waals surface area contributed by atoms with Gasteiger partial charge in [-0.1, -0.05) is 31.1 Å². The van der Waals surface area contributed by atoms with E-state index in [1.54, 1.807) is 26.0 Å². The molecule has 1 N–H and O–H groups in total. The number of benzene rings is 1. The van der Waals surface area contributed by atoms with Gasteiger partial charge in [0.15, 0.2) is 5.82 Å². The molecule has 0 saturated carbocycles. The molecule has 0 amide bonds. The highest BCUT2D eigenvalue weighted by atomic mass is 19.1. The van der Waals surface area contributed by atoms with Gasteiger partial charge in [0.05, 0.1) is 5.92 Å². The van der Waals surface area contributed by atoms with E-state index in [0.29, 0.717) is 12.2 Å². The summed E-state index contributed by atoms with van der Waals surface area (Å²) in [4.78, 5) is 15.1. The van der Waals surface area contributed by atoms with E-state index in [-0.39, 0.29) is 17.6 Å². The molecule has 0 aliphatic heterocycles. The van der Waals surface area contributed by atoms with E-state index in [2.05, 4.69) is 10.1 Å². The molecular formula is C14H15FN2O3. The first-order valence-corrected chi connectivity index (χ1v) is 6.27. The number of hydrogen-bond acceptors (Lipinski definition) is 4. The number of aromatic nitrogens is 2. The largest absolute Gasteiger partial charge is 0.481 e. The zero-order valence-electron chi connectivity index (χ0n) is 11.2. The van der Waals surface area contributed by atoms with Crippen molar-refractivity contribution in [2.75, 3.05) is 0 Å². The molecule has 2 aromatic rings. The van der Waals surface area contributed by atoms with Crippen molar-refractivity contribution in [1.82, 2.24) is 10.1 Å². The quantitative estimate of drug-likeness (QED) is 0.909. The maximum Gasteiger partial charge on any atom is 0.307 e. The Bertz CT molecular complexity index is 612. The van der Waals surface area contributed by atoms with Gasteiger partial charge in [0, 0.05) is 12.3 Å². The summed E-state index contributed by atoms with van der Waals surface area (Å²) in [7, 11) is 0. The second-order valence-electron chi connectivity index (χ2n) is 4.77. The second-order valence-corrected chi connectivity index (χ2v) is 4.77. The van der Waals surface area contributed by atoms with Crippen LogP contribution in [0, 0.1) is 11.7 Å². The molecule has 1 aromatic carbocycles. The van der Waals surface area contributed by atoms with E-state index in [0.717, 1.165) is 5.56 Å². The van der Waals surface area contributed by atoms with Crippen LogP contribution in [-0.2, 0) is 11.2 Å². The maximum absolute atomic E-state index is 13.1. The molecule has 6 heteroatoms. The number of aliphatic carboxylic acids is 1. The Balaban J connectivity index is 2.11. The number of carboxylic acids is 1. The summed E-state index contributed by atoms with van der Waals surface area (Å²) in [6.45, 7) is 3.31. The Kier molecular flexibility index (Phi) is 4.12. The first-order chi connectivity index (χ1) is 9.47. The van der Waals surface area contributed by atoms with Crippen molar-refractivity contribution in [3.63, 3.8) is 0 Å². The SMILES string of the molecule is CC(C(=O)O)C(C)c1nc(Cc2cccc(F)c2)no1. The zero-order chi connectivity index (χ0) is 14.7. The van der Waals surface area contributed by atoms with E-state index in [1.165, 1.54) is 12.1 Å². The number of rotatable bonds is 5. The Morgan fingerprint density at radius 2 is 2.20 bits per heavy atom. The fourth-order valence-corrected chi connectivity index (χ4v) is 1.78. The third-order valence-corrected chi connectivity index (χ3v) is 3.26. The van der Waals surface area contributed by atoms with Gasteiger partial charge in [-0.15, -0.1) is 0 Å². The zero-order valence-corrected chi connectivity index (χ0v) is 11.2. The number of hydrogen-bond donors (Lipinski definition) is 1. The van der Waals surface area contributed by atoms with Gasteiger partial charge in [-0.3, -0.25) is 4.79 Å². The van der Waals surface area contributed by atoms with E-state index in [1.807, 2.05) is 0 Å². The van der Waals surface area contributed by atoms with Crippen molar-refractivity contribution >= 4 is 5.97 Å². The molecule has 0 radical (unpaired) electrons. The molecule has 0 saturated heterocycles. The van der Waals surface area contributed by atoms with Crippen molar-refractivity contribution in [1.29, 1.82) is 0 Å². The number of nitrogens with zero attached hydrogens (tertiary/aromatic N) is 2. The maximum atomic E-state index is 13.1. The van der Waals surface area contributed by atoms with Crippen LogP contribution < -0.4 is 0 Å². The summed E-state index contributed by atoms with van der Waals surface area (Å²) >= 11 is 0. The molecule has 0 aliphatic carbocycles. The minimum Gasteiger partial charge on any atom is -0.481 e. The minimum atomic E-state index is -0.914. The molecule has 1 aromatic heterocycles. The van der Waals surface area contributed by atoms with Crippen LogP contribution in [0.5, 0.6) is 0 Å². The predicted octanol–water partition coefficient (Wildman–Crippen LogP) is 2.62. The lowest BCUT2D eigenvalue weighted by atomic mass is 9.96. The van der Waals surface area contributed by atoms with Crippen molar-refractivity contribution in [3.8, 4) is 0 Å². The molecule has 106 valence electrons. The van der Waals surface area contributed by atoms with Crippen LogP contribution in [0.1, 0.15) is 37.0 Å². The van der Waals surface area contributed by atoms with Crippen molar-refractivity contribution in [2.45, 2.75) is 26.2 Å². The fraction of sp³-hybridized carbons (Fsp3) is 0.357. The number of carbonyl (C=O) groups is 1. The molecule has 1 heterocycles. The van der Waals surface area contributed by atoms with Crippen LogP contribution >= 0.6 is 0 Å². The molecule has 0 aliphatic rings. The van der Waals surface area contributed by atoms with Crippen LogP contribution in [0.3, 0.4) is 0 Å². The summed E-state index contributed by atoms with van der Waals surface area (Å²) in [5.41, 5.74) is 0.733. The molecular weight excluding hydrogens is 263 g/mol. The average Bonchev–Trinajstić information content (AvgIpc) is 2.85. The summed E-state index contributed by atoms with van der Waals surface area (Å²) in [6.07, 6.45) is 0.343. The minimum absolute atomic E-state index is 0.284. The lowest BCUT2D eigenvalue weighted by molar-refractivity contribution is -0.141. The topological polar surface area (TPSA) is 76.2 Å². The van der Waals surface area contributed by atoms with Crippen LogP contribution in [0.25, 0.3) is 0 Å². The summed E-state index contributed by atoms with van der Waals surface area (Å²) < 4.78 is 18.2. The Labute approximate surface area is 115 Å². The van der Waals surface area contributed by atoms with Crippen LogP contribution in [0.4, 0.5) is 4.39 Å². The second kappa shape index (κ2) is 5.81. The highest BCUT2D eigenvalue weighted by Gasteiger charge is 2.25. The smallest absolute Gasteiger partial charge is 0.307 e. The van der Waals surface area contributed by atoms with Crippen LogP contribution in [0.15, 0.2) is 28.8 Å². The lowest BCUT2D eigenvalue weighted by Crippen LogP contribution is -2.16. The van der Waals surface area contributed by atoms with Crippen molar-refractivity contribution < 1.29 is 18.8 Å². The number of halogens is 1. The highest BCUT2D eigenvalue weighted by molar-refractivity contribution is 5.70. The number of carboxylic acid groups (broad SMARTS) is 1. The van der Waals surface area contributed by atoms with E-state index >= 15 is 0 Å². The van der Waals surface area contributed by atoms with Gasteiger partial charge in [0.2, 0.25) is 5.89 Å². The van der Waals surface area contributed by atoms with Gasteiger partial charge < -0.3 is 9.63 Å². The van der Waals surface area contributed by atoms with E-state index in [4.69, 9.17) is 9.63 Å². The molecule has 2 atom stereocenters. The molecule has 5 nitrogen and oxygen atoms in total. The molecule has 2 rings (SSSR count). The molecule has 0 fully saturated rings. The lowest BCUT2D eigenvalue weighted by Gasteiger charge is -2.10. The first kappa shape index (κ1) is 14.2.